The van der Waals surface area contributed by atoms with E-state index in [2.05, 4.69) is 15.9 Å². The highest BCUT2D eigenvalue weighted by Gasteiger charge is 2.14. The number of carbonyl (C=O) groups is 1. The first-order chi connectivity index (χ1) is 6.50. The first kappa shape index (κ1) is 11.5. The summed E-state index contributed by atoms with van der Waals surface area (Å²) in [6.45, 7) is 0. The number of carboxylic acid groups (broad SMARTS) is 1. The molecule has 0 radical (unpaired) electrons. The molecule has 3 nitrogen and oxygen atoms in total. The Labute approximate surface area is 94.4 Å². The topological polar surface area (TPSA) is 57.5 Å². The highest BCUT2D eigenvalue weighted by molar-refractivity contribution is 9.10. The number of hydrogen-bond donors (Lipinski definition) is 2. The second-order valence-corrected chi connectivity index (χ2v) is 4.10. The van der Waals surface area contributed by atoms with E-state index in [4.69, 9.17) is 16.7 Å². The van der Waals surface area contributed by atoms with Crippen LogP contribution in [0.3, 0.4) is 0 Å². The van der Waals surface area contributed by atoms with E-state index in [0.29, 0.717) is 10.6 Å². The van der Waals surface area contributed by atoms with Gasteiger partial charge in [-0.25, -0.2) is 0 Å². The zero-order chi connectivity index (χ0) is 10.7. The number of aliphatic hydroxyl groups excluding tert-OH is 1. The molecule has 0 saturated heterocycles. The highest BCUT2D eigenvalue weighted by atomic mass is 79.9. The molecule has 0 bridgehead atoms. The predicted molar refractivity (Wildman–Crippen MR) is 56.4 cm³/mol. The van der Waals surface area contributed by atoms with Gasteiger partial charge >= 0.3 is 5.97 Å². The fraction of sp³-hybridized carbons (Fsp3) is 0.222. The van der Waals surface area contributed by atoms with Gasteiger partial charge in [-0.2, -0.15) is 0 Å². The first-order valence-corrected chi connectivity index (χ1v) is 5.02. The number of rotatable bonds is 3. The van der Waals surface area contributed by atoms with Crippen LogP contribution in [-0.4, -0.2) is 16.2 Å². The van der Waals surface area contributed by atoms with Gasteiger partial charge in [0.2, 0.25) is 0 Å². The molecule has 14 heavy (non-hydrogen) atoms. The minimum atomic E-state index is -1.06. The van der Waals surface area contributed by atoms with E-state index in [-0.39, 0.29) is 6.42 Å². The third-order valence-electron chi connectivity index (χ3n) is 1.69. The normalized spacial score (nSPS) is 12.5. The van der Waals surface area contributed by atoms with Crippen molar-refractivity contribution in [1.29, 1.82) is 0 Å². The molecule has 0 saturated carbocycles. The molecule has 0 aliphatic carbocycles. The molecule has 0 aromatic heterocycles. The Balaban J connectivity index is 2.90. The van der Waals surface area contributed by atoms with Gasteiger partial charge in [-0.3, -0.25) is 4.79 Å². The quantitative estimate of drug-likeness (QED) is 0.894. The van der Waals surface area contributed by atoms with Crippen LogP contribution in [0.2, 0.25) is 5.02 Å². The van der Waals surface area contributed by atoms with E-state index >= 15 is 0 Å². The molecule has 0 fully saturated rings. The Morgan fingerprint density at radius 3 is 2.71 bits per heavy atom. The highest BCUT2D eigenvalue weighted by Crippen LogP contribution is 2.27. The van der Waals surface area contributed by atoms with Gasteiger partial charge in [0, 0.05) is 9.50 Å². The van der Waals surface area contributed by atoms with Crippen LogP contribution < -0.4 is 0 Å². The molecule has 0 spiro atoms. The number of aliphatic hydroxyl groups is 1. The lowest BCUT2D eigenvalue weighted by Gasteiger charge is -2.10. The molecule has 0 aliphatic rings. The van der Waals surface area contributed by atoms with Crippen LogP contribution >= 0.6 is 27.5 Å². The third-order valence-corrected chi connectivity index (χ3v) is 2.51. The van der Waals surface area contributed by atoms with Gasteiger partial charge in [0.15, 0.2) is 0 Å². The summed E-state index contributed by atoms with van der Waals surface area (Å²) >= 11 is 9.04. The largest absolute Gasteiger partial charge is 0.481 e. The maximum absolute atomic E-state index is 10.3. The molecule has 0 heterocycles. The summed E-state index contributed by atoms with van der Waals surface area (Å²) in [6.07, 6.45) is -1.41. The van der Waals surface area contributed by atoms with E-state index < -0.39 is 12.1 Å². The van der Waals surface area contributed by atoms with Crippen LogP contribution in [0.4, 0.5) is 0 Å². The van der Waals surface area contributed by atoms with Crippen molar-refractivity contribution >= 4 is 33.5 Å². The average molecular weight is 280 g/mol. The summed E-state index contributed by atoms with van der Waals surface area (Å²) in [6, 6.07) is 4.91. The van der Waals surface area contributed by atoms with E-state index in [1.165, 1.54) is 0 Å². The Bertz CT molecular complexity index is 354. The smallest absolute Gasteiger partial charge is 0.306 e. The van der Waals surface area contributed by atoms with Crippen LogP contribution in [0.1, 0.15) is 18.1 Å². The zero-order valence-electron chi connectivity index (χ0n) is 7.08. The summed E-state index contributed by atoms with van der Waals surface area (Å²) < 4.78 is 0.786. The molecule has 0 unspecified atom stereocenters. The van der Waals surface area contributed by atoms with Gasteiger partial charge in [0.25, 0.3) is 0 Å². The minimum absolute atomic E-state index is 0.346. The number of halogens is 2. The van der Waals surface area contributed by atoms with E-state index in [1.807, 2.05) is 0 Å². The van der Waals surface area contributed by atoms with Crippen LogP contribution in [0, 0.1) is 0 Å². The molecule has 0 aliphatic heterocycles. The Kier molecular flexibility index (Phi) is 3.92. The Hall–Kier alpha value is -0.580. The van der Waals surface area contributed by atoms with Crippen molar-refractivity contribution in [2.45, 2.75) is 12.5 Å². The minimum Gasteiger partial charge on any atom is -0.481 e. The second kappa shape index (κ2) is 4.77. The maximum Gasteiger partial charge on any atom is 0.306 e. The zero-order valence-corrected chi connectivity index (χ0v) is 9.42. The van der Waals surface area contributed by atoms with Crippen LogP contribution in [0.5, 0.6) is 0 Å². The SMILES string of the molecule is O=C(O)C[C@H](O)c1ccc(Br)cc1Cl. The van der Waals surface area contributed by atoms with Crippen LogP contribution in [0.25, 0.3) is 0 Å². The fourth-order valence-corrected chi connectivity index (χ4v) is 1.85. The molecular formula is C9H8BrClO3. The van der Waals surface area contributed by atoms with Crippen molar-refractivity contribution in [1.82, 2.24) is 0 Å². The second-order valence-electron chi connectivity index (χ2n) is 2.78. The van der Waals surface area contributed by atoms with Gasteiger partial charge in [0.05, 0.1) is 12.5 Å². The lowest BCUT2D eigenvalue weighted by atomic mass is 10.1. The van der Waals surface area contributed by atoms with Gasteiger partial charge in [-0.05, 0) is 17.7 Å². The van der Waals surface area contributed by atoms with E-state index in [1.54, 1.807) is 18.2 Å². The number of hydrogen-bond acceptors (Lipinski definition) is 2. The van der Waals surface area contributed by atoms with Crippen molar-refractivity contribution in [2.24, 2.45) is 0 Å². The summed E-state index contributed by atoms with van der Waals surface area (Å²) in [4.78, 5) is 10.3. The lowest BCUT2D eigenvalue weighted by molar-refractivity contribution is -0.139. The predicted octanol–water partition coefficient (Wildman–Crippen LogP) is 2.61. The Morgan fingerprint density at radius 2 is 2.21 bits per heavy atom. The monoisotopic (exact) mass is 278 g/mol. The third kappa shape index (κ3) is 2.97. The molecule has 1 rings (SSSR count). The van der Waals surface area contributed by atoms with Gasteiger partial charge in [-0.1, -0.05) is 33.6 Å². The molecule has 1 aromatic carbocycles. The number of benzene rings is 1. The molecule has 0 amide bonds. The van der Waals surface area contributed by atoms with Crippen molar-refractivity contribution in [2.75, 3.05) is 0 Å². The van der Waals surface area contributed by atoms with Crippen molar-refractivity contribution in [3.05, 3.63) is 33.3 Å². The maximum atomic E-state index is 10.3. The molecule has 1 aromatic rings. The standard InChI is InChI=1S/C9H8BrClO3/c10-5-1-2-6(7(11)3-5)8(12)4-9(13)14/h1-3,8,12H,4H2,(H,13,14)/t8-/m0/s1. The molecule has 2 N–H and O–H groups in total. The molecular weight excluding hydrogens is 271 g/mol. The summed E-state index contributed by atoms with van der Waals surface area (Å²) in [5.74, 6) is -1.06. The summed E-state index contributed by atoms with van der Waals surface area (Å²) in [5, 5.41) is 18.3. The summed E-state index contributed by atoms with van der Waals surface area (Å²) in [5.41, 5.74) is 0.428. The Morgan fingerprint density at radius 1 is 1.57 bits per heavy atom. The van der Waals surface area contributed by atoms with Gasteiger partial charge in [0.1, 0.15) is 0 Å². The van der Waals surface area contributed by atoms with Crippen LogP contribution in [-0.2, 0) is 4.79 Å². The number of aliphatic carboxylic acids is 1. The van der Waals surface area contributed by atoms with Crippen LogP contribution in [0.15, 0.2) is 22.7 Å². The van der Waals surface area contributed by atoms with Gasteiger partial charge in [-0.15, -0.1) is 0 Å². The van der Waals surface area contributed by atoms with E-state index in [9.17, 15) is 9.90 Å². The van der Waals surface area contributed by atoms with E-state index in [0.717, 1.165) is 4.47 Å². The molecule has 5 heteroatoms. The van der Waals surface area contributed by atoms with Crippen molar-refractivity contribution < 1.29 is 15.0 Å². The molecule has 76 valence electrons. The summed E-state index contributed by atoms with van der Waals surface area (Å²) in [7, 11) is 0. The first-order valence-electron chi connectivity index (χ1n) is 3.85. The van der Waals surface area contributed by atoms with Gasteiger partial charge < -0.3 is 10.2 Å². The molecule has 1 atom stereocenters. The average Bonchev–Trinajstić information content (AvgIpc) is 2.01. The van der Waals surface area contributed by atoms with Crippen molar-refractivity contribution in [3.8, 4) is 0 Å². The number of carboxylic acids is 1. The lowest BCUT2D eigenvalue weighted by Crippen LogP contribution is -2.05. The van der Waals surface area contributed by atoms with Crippen molar-refractivity contribution in [3.63, 3.8) is 0 Å². The fourth-order valence-electron chi connectivity index (χ4n) is 1.05.